The lowest BCUT2D eigenvalue weighted by Gasteiger charge is -2.36. The van der Waals surface area contributed by atoms with Crippen LogP contribution in [-0.4, -0.2) is 85.4 Å². The Labute approximate surface area is 112 Å². The van der Waals surface area contributed by atoms with E-state index in [1.807, 2.05) is 4.90 Å². The van der Waals surface area contributed by atoms with Gasteiger partial charge in [0, 0.05) is 25.7 Å². The minimum Gasteiger partial charge on any atom is -0.481 e. The van der Waals surface area contributed by atoms with Gasteiger partial charge < -0.3 is 19.5 Å². The molecule has 0 aliphatic carbocycles. The molecular weight excluding hydrogens is 252 g/mol. The van der Waals surface area contributed by atoms with Crippen LogP contribution in [0.15, 0.2) is 0 Å². The van der Waals surface area contributed by atoms with Gasteiger partial charge in [-0.2, -0.15) is 0 Å². The Morgan fingerprint density at radius 3 is 2.47 bits per heavy atom. The van der Waals surface area contributed by atoms with Crippen molar-refractivity contribution in [3.63, 3.8) is 0 Å². The van der Waals surface area contributed by atoms with Crippen molar-refractivity contribution in [3.8, 4) is 0 Å². The highest BCUT2D eigenvalue weighted by atomic mass is 16.5. The highest BCUT2D eigenvalue weighted by Crippen LogP contribution is 2.11. The zero-order valence-electron chi connectivity index (χ0n) is 10.9. The number of nitrogens with zero attached hydrogens (tertiary/aromatic N) is 2. The molecule has 2 saturated heterocycles. The van der Waals surface area contributed by atoms with Crippen LogP contribution in [0.2, 0.25) is 0 Å². The van der Waals surface area contributed by atoms with Gasteiger partial charge in [-0.15, -0.1) is 0 Å². The molecule has 1 unspecified atom stereocenters. The fourth-order valence-corrected chi connectivity index (χ4v) is 2.37. The Bertz CT molecular complexity index is 330. The van der Waals surface area contributed by atoms with Crippen molar-refractivity contribution in [1.29, 1.82) is 0 Å². The first-order valence-corrected chi connectivity index (χ1v) is 6.56. The van der Waals surface area contributed by atoms with E-state index in [0.717, 1.165) is 0 Å². The Hall–Kier alpha value is -1.18. The maximum atomic E-state index is 12.1. The summed E-state index contributed by atoms with van der Waals surface area (Å²) in [6.45, 7) is 4.19. The van der Waals surface area contributed by atoms with Crippen LogP contribution >= 0.6 is 0 Å². The number of rotatable bonds is 4. The zero-order valence-corrected chi connectivity index (χ0v) is 10.9. The number of hydrogen-bond donors (Lipinski definition) is 1. The number of amides is 1. The van der Waals surface area contributed by atoms with Crippen LogP contribution in [-0.2, 0) is 19.1 Å². The second-order valence-corrected chi connectivity index (χ2v) is 4.79. The molecule has 2 aliphatic rings. The van der Waals surface area contributed by atoms with Gasteiger partial charge in [0.05, 0.1) is 39.4 Å². The lowest BCUT2D eigenvalue weighted by Crippen LogP contribution is -2.52. The normalized spacial score (nSPS) is 25.3. The fourth-order valence-electron chi connectivity index (χ4n) is 2.37. The molecule has 2 heterocycles. The molecule has 2 aliphatic heterocycles. The quantitative estimate of drug-likeness (QED) is 0.708. The van der Waals surface area contributed by atoms with E-state index in [1.54, 1.807) is 4.90 Å². The maximum Gasteiger partial charge on any atom is 0.305 e. The average molecular weight is 272 g/mol. The molecular formula is C12H20N2O5. The third kappa shape index (κ3) is 4.15. The monoisotopic (exact) mass is 272 g/mol. The first kappa shape index (κ1) is 14.2. The smallest absolute Gasteiger partial charge is 0.305 e. The first-order chi connectivity index (χ1) is 9.16. The SMILES string of the molecule is O=C(O)CC1COCCN1CC(=O)N1CCOCC1. The second kappa shape index (κ2) is 6.83. The van der Waals surface area contributed by atoms with E-state index in [4.69, 9.17) is 14.6 Å². The molecule has 0 saturated carbocycles. The topological polar surface area (TPSA) is 79.3 Å². The molecule has 0 spiro atoms. The van der Waals surface area contributed by atoms with Crippen molar-refractivity contribution in [2.75, 3.05) is 52.6 Å². The number of hydrogen-bond acceptors (Lipinski definition) is 5. The standard InChI is InChI=1S/C12H20N2O5/c15-11(13-1-4-18-5-2-13)8-14-3-6-19-9-10(14)7-12(16)17/h10H,1-9H2,(H,16,17). The van der Waals surface area contributed by atoms with E-state index >= 15 is 0 Å². The molecule has 108 valence electrons. The van der Waals surface area contributed by atoms with Crippen LogP contribution in [0.25, 0.3) is 0 Å². The molecule has 7 nitrogen and oxygen atoms in total. The van der Waals surface area contributed by atoms with E-state index in [1.165, 1.54) is 0 Å². The summed E-state index contributed by atoms with van der Waals surface area (Å²) < 4.78 is 10.5. The molecule has 1 N–H and O–H groups in total. The van der Waals surface area contributed by atoms with Crippen molar-refractivity contribution >= 4 is 11.9 Å². The average Bonchev–Trinajstić information content (AvgIpc) is 2.41. The number of carbonyl (C=O) groups excluding carboxylic acids is 1. The summed E-state index contributed by atoms with van der Waals surface area (Å²) in [6, 6.07) is -0.212. The van der Waals surface area contributed by atoms with Crippen LogP contribution in [0.1, 0.15) is 6.42 Å². The summed E-state index contributed by atoms with van der Waals surface area (Å²) in [6.07, 6.45) is 0.0103. The van der Waals surface area contributed by atoms with Gasteiger partial charge in [0.25, 0.3) is 0 Å². The van der Waals surface area contributed by atoms with Gasteiger partial charge in [-0.25, -0.2) is 0 Å². The molecule has 0 aromatic rings. The van der Waals surface area contributed by atoms with Crippen LogP contribution in [0, 0.1) is 0 Å². The molecule has 2 fully saturated rings. The number of morpholine rings is 2. The highest BCUT2D eigenvalue weighted by Gasteiger charge is 2.28. The van der Waals surface area contributed by atoms with E-state index in [0.29, 0.717) is 46.1 Å². The van der Waals surface area contributed by atoms with Gasteiger partial charge in [-0.3, -0.25) is 14.5 Å². The predicted molar refractivity (Wildman–Crippen MR) is 65.8 cm³/mol. The summed E-state index contributed by atoms with van der Waals surface area (Å²) in [5.41, 5.74) is 0. The Morgan fingerprint density at radius 1 is 1.11 bits per heavy atom. The molecule has 0 aromatic carbocycles. The summed E-state index contributed by atoms with van der Waals surface area (Å²) >= 11 is 0. The first-order valence-electron chi connectivity index (χ1n) is 6.56. The molecule has 1 atom stereocenters. The second-order valence-electron chi connectivity index (χ2n) is 4.79. The van der Waals surface area contributed by atoms with Gasteiger partial charge in [0.2, 0.25) is 5.91 Å². The lowest BCUT2D eigenvalue weighted by atomic mass is 10.1. The maximum absolute atomic E-state index is 12.1. The van der Waals surface area contributed by atoms with Gasteiger partial charge in [0.1, 0.15) is 0 Å². The summed E-state index contributed by atoms with van der Waals surface area (Å²) in [5, 5.41) is 8.87. The van der Waals surface area contributed by atoms with Crippen LogP contribution in [0.3, 0.4) is 0 Å². The Kier molecular flexibility index (Phi) is 5.12. The molecule has 0 radical (unpaired) electrons. The molecule has 0 aromatic heterocycles. The number of carboxylic acid groups (broad SMARTS) is 1. The third-order valence-electron chi connectivity index (χ3n) is 3.46. The number of carboxylic acids is 1. The Balaban J connectivity index is 1.87. The van der Waals surface area contributed by atoms with E-state index in [9.17, 15) is 9.59 Å². The van der Waals surface area contributed by atoms with Crippen molar-refractivity contribution in [2.24, 2.45) is 0 Å². The summed E-state index contributed by atoms with van der Waals surface area (Å²) in [5.74, 6) is -0.820. The molecule has 19 heavy (non-hydrogen) atoms. The third-order valence-corrected chi connectivity index (χ3v) is 3.46. The van der Waals surface area contributed by atoms with Gasteiger partial charge in [-0.05, 0) is 0 Å². The van der Waals surface area contributed by atoms with Gasteiger partial charge in [0.15, 0.2) is 0 Å². The zero-order chi connectivity index (χ0) is 13.7. The lowest BCUT2D eigenvalue weighted by molar-refractivity contribution is -0.144. The van der Waals surface area contributed by atoms with Crippen LogP contribution in [0.4, 0.5) is 0 Å². The molecule has 7 heteroatoms. The highest BCUT2D eigenvalue weighted by molar-refractivity contribution is 5.78. The van der Waals surface area contributed by atoms with Crippen molar-refractivity contribution in [2.45, 2.75) is 12.5 Å². The fraction of sp³-hybridized carbons (Fsp3) is 0.833. The van der Waals surface area contributed by atoms with Crippen molar-refractivity contribution in [1.82, 2.24) is 9.80 Å². The van der Waals surface area contributed by atoms with Gasteiger partial charge >= 0.3 is 5.97 Å². The van der Waals surface area contributed by atoms with Crippen molar-refractivity contribution in [3.05, 3.63) is 0 Å². The number of carbonyl (C=O) groups is 2. The summed E-state index contributed by atoms with van der Waals surface area (Å²) in [7, 11) is 0. The number of aliphatic carboxylic acids is 1. The summed E-state index contributed by atoms with van der Waals surface area (Å²) in [4.78, 5) is 26.6. The number of ether oxygens (including phenoxy) is 2. The van der Waals surface area contributed by atoms with E-state index in [2.05, 4.69) is 0 Å². The minimum atomic E-state index is -0.862. The van der Waals surface area contributed by atoms with Crippen molar-refractivity contribution < 1.29 is 24.2 Å². The Morgan fingerprint density at radius 2 is 1.79 bits per heavy atom. The van der Waals surface area contributed by atoms with Gasteiger partial charge in [-0.1, -0.05) is 0 Å². The largest absolute Gasteiger partial charge is 0.481 e. The molecule has 2 rings (SSSR count). The van der Waals surface area contributed by atoms with Crippen LogP contribution in [0.5, 0.6) is 0 Å². The predicted octanol–water partition coefficient (Wildman–Crippen LogP) is -0.979. The van der Waals surface area contributed by atoms with E-state index in [-0.39, 0.29) is 24.9 Å². The van der Waals surface area contributed by atoms with Crippen LogP contribution < -0.4 is 0 Å². The minimum absolute atomic E-state index is 0.0103. The van der Waals surface area contributed by atoms with E-state index < -0.39 is 5.97 Å². The molecule has 0 bridgehead atoms. The molecule has 1 amide bonds.